The first-order chi connectivity index (χ1) is 12.2. The van der Waals surface area contributed by atoms with Crippen molar-refractivity contribution >= 4 is 10.9 Å². The van der Waals surface area contributed by atoms with Crippen molar-refractivity contribution in [3.63, 3.8) is 0 Å². The Labute approximate surface area is 151 Å². The first kappa shape index (κ1) is 16.4. The van der Waals surface area contributed by atoms with Crippen molar-refractivity contribution in [2.75, 3.05) is 6.54 Å². The summed E-state index contributed by atoms with van der Waals surface area (Å²) in [6.07, 6.45) is 2.25. The van der Waals surface area contributed by atoms with Gasteiger partial charge in [0, 0.05) is 42.1 Å². The highest BCUT2D eigenvalue weighted by Gasteiger charge is 2.27. The van der Waals surface area contributed by atoms with E-state index in [1.165, 1.54) is 22.0 Å². The van der Waals surface area contributed by atoms with Crippen LogP contribution in [0.15, 0.2) is 48.5 Å². The number of likely N-dealkylation sites (N-methyl/N-ethyl adjacent to an activating group) is 1. The maximum absolute atomic E-state index is 2.60. The van der Waals surface area contributed by atoms with Gasteiger partial charge in [-0.25, -0.2) is 0 Å². The number of benzene rings is 2. The van der Waals surface area contributed by atoms with Crippen LogP contribution in [0.1, 0.15) is 36.2 Å². The summed E-state index contributed by atoms with van der Waals surface area (Å²) in [6.45, 7) is 10.1. The molecule has 25 heavy (non-hydrogen) atoms. The van der Waals surface area contributed by atoms with Crippen LogP contribution in [0.5, 0.6) is 0 Å². The van der Waals surface area contributed by atoms with Crippen molar-refractivity contribution in [3.05, 3.63) is 70.9 Å². The number of hydrogen-bond donors (Lipinski definition) is 0. The SMILES string of the molecule is CCN1Cc2c(n(CCc3ccccc3)c3ccc(C)cc23)CC1C. The Hall–Kier alpha value is -2.06. The van der Waals surface area contributed by atoms with Crippen molar-refractivity contribution in [1.29, 1.82) is 0 Å². The lowest BCUT2D eigenvalue weighted by Crippen LogP contribution is -2.38. The van der Waals surface area contributed by atoms with Gasteiger partial charge in [0.15, 0.2) is 0 Å². The second kappa shape index (κ2) is 6.68. The maximum Gasteiger partial charge on any atom is 0.0486 e. The minimum absolute atomic E-state index is 0.624. The average Bonchev–Trinajstić information content (AvgIpc) is 2.92. The Bertz CT molecular complexity index is 876. The van der Waals surface area contributed by atoms with Gasteiger partial charge in [0.1, 0.15) is 0 Å². The Morgan fingerprint density at radius 3 is 2.64 bits per heavy atom. The van der Waals surface area contributed by atoms with Gasteiger partial charge in [-0.15, -0.1) is 0 Å². The van der Waals surface area contributed by atoms with E-state index in [0.717, 1.165) is 32.5 Å². The number of rotatable bonds is 4. The Kier molecular flexibility index (Phi) is 4.39. The second-order valence-electron chi connectivity index (χ2n) is 7.45. The molecule has 0 saturated carbocycles. The van der Waals surface area contributed by atoms with E-state index in [9.17, 15) is 0 Å². The van der Waals surface area contributed by atoms with Crippen LogP contribution in [0.25, 0.3) is 10.9 Å². The van der Waals surface area contributed by atoms with Gasteiger partial charge in [-0.3, -0.25) is 4.90 Å². The van der Waals surface area contributed by atoms with Gasteiger partial charge >= 0.3 is 0 Å². The van der Waals surface area contributed by atoms with Gasteiger partial charge in [0.25, 0.3) is 0 Å². The minimum atomic E-state index is 0.624. The van der Waals surface area contributed by atoms with Crippen LogP contribution in [0.2, 0.25) is 0 Å². The van der Waals surface area contributed by atoms with Gasteiger partial charge < -0.3 is 4.57 Å². The molecule has 0 fully saturated rings. The van der Waals surface area contributed by atoms with Crippen LogP contribution in [0, 0.1) is 6.92 Å². The molecule has 130 valence electrons. The summed E-state index contributed by atoms with van der Waals surface area (Å²) >= 11 is 0. The fourth-order valence-electron chi connectivity index (χ4n) is 4.33. The number of fused-ring (bicyclic) bond motifs is 3. The molecule has 3 aromatic rings. The largest absolute Gasteiger partial charge is 0.344 e. The Morgan fingerprint density at radius 2 is 1.88 bits per heavy atom. The van der Waals surface area contributed by atoms with E-state index in [4.69, 9.17) is 0 Å². The van der Waals surface area contributed by atoms with Gasteiger partial charge in [-0.05, 0) is 50.1 Å². The molecule has 0 aliphatic carbocycles. The fourth-order valence-corrected chi connectivity index (χ4v) is 4.33. The van der Waals surface area contributed by atoms with Crippen LogP contribution in [0.4, 0.5) is 0 Å². The molecule has 1 aliphatic rings. The highest BCUT2D eigenvalue weighted by molar-refractivity contribution is 5.86. The van der Waals surface area contributed by atoms with Gasteiger partial charge in [0.2, 0.25) is 0 Å². The van der Waals surface area contributed by atoms with Crippen LogP contribution < -0.4 is 0 Å². The van der Waals surface area contributed by atoms with Crippen LogP contribution >= 0.6 is 0 Å². The molecule has 0 radical (unpaired) electrons. The Morgan fingerprint density at radius 1 is 1.08 bits per heavy atom. The number of aromatic nitrogens is 1. The lowest BCUT2D eigenvalue weighted by atomic mass is 9.98. The van der Waals surface area contributed by atoms with E-state index < -0.39 is 0 Å². The van der Waals surface area contributed by atoms with Crippen molar-refractivity contribution in [2.24, 2.45) is 0 Å². The molecule has 0 bridgehead atoms. The van der Waals surface area contributed by atoms with Gasteiger partial charge in [-0.1, -0.05) is 48.9 Å². The maximum atomic E-state index is 2.60. The molecule has 0 spiro atoms. The molecule has 1 aromatic heterocycles. The molecular weight excluding hydrogens is 304 g/mol. The van der Waals surface area contributed by atoms with E-state index in [0.29, 0.717) is 6.04 Å². The second-order valence-corrected chi connectivity index (χ2v) is 7.45. The van der Waals surface area contributed by atoms with Crippen molar-refractivity contribution in [1.82, 2.24) is 9.47 Å². The molecule has 2 heterocycles. The molecule has 2 aromatic carbocycles. The normalized spacial score (nSPS) is 17.8. The molecule has 0 N–H and O–H groups in total. The van der Waals surface area contributed by atoms with Gasteiger partial charge in [-0.2, -0.15) is 0 Å². The summed E-state index contributed by atoms with van der Waals surface area (Å²) in [6, 6.07) is 18.5. The third-order valence-electron chi connectivity index (χ3n) is 5.79. The topological polar surface area (TPSA) is 8.17 Å². The number of nitrogens with zero attached hydrogens (tertiary/aromatic N) is 2. The van der Waals surface area contributed by atoms with Crippen LogP contribution in [-0.4, -0.2) is 22.1 Å². The van der Waals surface area contributed by atoms with E-state index in [2.05, 4.69) is 78.8 Å². The summed E-state index contributed by atoms with van der Waals surface area (Å²) < 4.78 is 2.60. The summed E-state index contributed by atoms with van der Waals surface area (Å²) in [5.74, 6) is 0. The third-order valence-corrected chi connectivity index (χ3v) is 5.79. The van der Waals surface area contributed by atoms with E-state index in [-0.39, 0.29) is 0 Å². The summed E-state index contributed by atoms with van der Waals surface area (Å²) in [7, 11) is 0. The Balaban J connectivity index is 1.77. The zero-order valence-electron chi connectivity index (χ0n) is 15.6. The zero-order valence-corrected chi connectivity index (χ0v) is 15.6. The number of aryl methyl sites for hydroxylation is 3. The van der Waals surface area contributed by atoms with E-state index >= 15 is 0 Å². The molecule has 0 amide bonds. The summed E-state index contributed by atoms with van der Waals surface area (Å²) in [4.78, 5) is 2.60. The molecule has 0 saturated heterocycles. The van der Waals surface area contributed by atoms with E-state index in [1.807, 2.05) is 0 Å². The minimum Gasteiger partial charge on any atom is -0.344 e. The first-order valence-corrected chi connectivity index (χ1v) is 9.56. The molecule has 1 unspecified atom stereocenters. The predicted molar refractivity (Wildman–Crippen MR) is 106 cm³/mol. The summed E-state index contributed by atoms with van der Waals surface area (Å²) in [5, 5.41) is 1.47. The first-order valence-electron chi connectivity index (χ1n) is 9.56. The number of hydrogen-bond acceptors (Lipinski definition) is 1. The predicted octanol–water partition coefficient (Wildman–Crippen LogP) is 4.96. The van der Waals surface area contributed by atoms with E-state index in [1.54, 1.807) is 11.3 Å². The highest BCUT2D eigenvalue weighted by Crippen LogP contribution is 2.33. The quantitative estimate of drug-likeness (QED) is 0.655. The monoisotopic (exact) mass is 332 g/mol. The molecule has 1 aliphatic heterocycles. The zero-order chi connectivity index (χ0) is 17.4. The molecule has 2 heteroatoms. The van der Waals surface area contributed by atoms with Crippen molar-refractivity contribution < 1.29 is 0 Å². The molecular formula is C23H28N2. The lowest BCUT2D eigenvalue weighted by molar-refractivity contribution is 0.192. The fraction of sp³-hybridized carbons (Fsp3) is 0.391. The van der Waals surface area contributed by atoms with Gasteiger partial charge in [0.05, 0.1) is 0 Å². The van der Waals surface area contributed by atoms with Crippen molar-refractivity contribution in [2.45, 2.75) is 52.7 Å². The molecule has 2 nitrogen and oxygen atoms in total. The standard InChI is InChI=1S/C23H28N2/c1-4-24-16-21-20-14-17(2)10-11-22(20)25(23(21)15-18(24)3)13-12-19-8-6-5-7-9-19/h5-11,14,18H,4,12-13,15-16H2,1-3H3. The van der Waals surface area contributed by atoms with Crippen LogP contribution in [0.3, 0.4) is 0 Å². The van der Waals surface area contributed by atoms with Crippen LogP contribution in [-0.2, 0) is 25.9 Å². The third kappa shape index (κ3) is 3.00. The smallest absolute Gasteiger partial charge is 0.0486 e. The molecule has 1 atom stereocenters. The summed E-state index contributed by atoms with van der Waals surface area (Å²) in [5.41, 5.74) is 7.32. The van der Waals surface area contributed by atoms with Crippen molar-refractivity contribution in [3.8, 4) is 0 Å². The highest BCUT2D eigenvalue weighted by atomic mass is 15.2. The average molecular weight is 332 g/mol. The lowest BCUT2D eigenvalue weighted by Gasteiger charge is -2.33. The molecule has 4 rings (SSSR count).